The monoisotopic (exact) mass is 420 g/mol. The van der Waals surface area contributed by atoms with Gasteiger partial charge in [0.05, 0.1) is 7.11 Å². The Kier molecular flexibility index (Phi) is 5.18. The third kappa shape index (κ3) is 3.59. The maximum atomic E-state index is 12.9. The maximum absolute atomic E-state index is 12.9. The van der Waals surface area contributed by atoms with Gasteiger partial charge >= 0.3 is 12.1 Å². The van der Waals surface area contributed by atoms with Gasteiger partial charge in [-0.1, -0.05) is 55.0 Å². The molecule has 162 valence electrons. The molecule has 2 aliphatic heterocycles. The van der Waals surface area contributed by atoms with Crippen LogP contribution in [0.4, 0.5) is 4.79 Å². The predicted molar refractivity (Wildman–Crippen MR) is 117 cm³/mol. The molecule has 0 spiro atoms. The molecular weight excluding hydrogens is 392 g/mol. The molecule has 3 aliphatic rings. The summed E-state index contributed by atoms with van der Waals surface area (Å²) in [5.74, 6) is -0.404. The average molecular weight is 421 g/mol. The SMILES string of the molecule is COC(=O)C1(NC(=O)OCC2c3ccccc3-c3ccccc32)CC2CCCC(C1)N2. The Labute approximate surface area is 182 Å². The molecule has 2 atom stereocenters. The van der Waals surface area contributed by atoms with Gasteiger partial charge in [-0.15, -0.1) is 0 Å². The van der Waals surface area contributed by atoms with Crippen molar-refractivity contribution in [1.29, 1.82) is 0 Å². The predicted octanol–water partition coefficient (Wildman–Crippen LogP) is 3.74. The number of nitrogens with one attached hydrogen (secondary N) is 2. The molecule has 2 heterocycles. The average Bonchev–Trinajstić information content (AvgIpc) is 3.10. The zero-order valence-electron chi connectivity index (χ0n) is 17.7. The Morgan fingerprint density at radius 3 is 2.16 bits per heavy atom. The number of amides is 1. The van der Waals surface area contributed by atoms with Crippen molar-refractivity contribution in [2.45, 2.75) is 55.6 Å². The summed E-state index contributed by atoms with van der Waals surface area (Å²) in [5, 5.41) is 6.47. The van der Waals surface area contributed by atoms with Crippen molar-refractivity contribution in [3.63, 3.8) is 0 Å². The first kappa shape index (κ1) is 20.1. The van der Waals surface area contributed by atoms with Gasteiger partial charge in [0.25, 0.3) is 0 Å². The molecule has 0 radical (unpaired) electrons. The Morgan fingerprint density at radius 1 is 1.00 bits per heavy atom. The molecule has 1 amide bonds. The molecular formula is C25H28N2O4. The lowest BCUT2D eigenvalue weighted by molar-refractivity contribution is -0.151. The summed E-state index contributed by atoms with van der Waals surface area (Å²) >= 11 is 0. The van der Waals surface area contributed by atoms with Gasteiger partial charge in [-0.25, -0.2) is 9.59 Å². The van der Waals surface area contributed by atoms with E-state index in [1.165, 1.54) is 18.2 Å². The van der Waals surface area contributed by atoms with E-state index in [0.717, 1.165) is 30.4 Å². The molecule has 5 rings (SSSR count). The van der Waals surface area contributed by atoms with E-state index in [4.69, 9.17) is 9.47 Å². The second-order valence-electron chi connectivity index (χ2n) is 8.92. The van der Waals surface area contributed by atoms with Crippen LogP contribution >= 0.6 is 0 Å². The molecule has 1 aliphatic carbocycles. The van der Waals surface area contributed by atoms with Crippen molar-refractivity contribution in [1.82, 2.24) is 10.6 Å². The Bertz CT molecular complexity index is 947. The van der Waals surface area contributed by atoms with Crippen LogP contribution in [0.25, 0.3) is 11.1 Å². The van der Waals surface area contributed by atoms with Crippen molar-refractivity contribution in [3.05, 3.63) is 59.7 Å². The normalized spacial score (nSPS) is 26.5. The van der Waals surface area contributed by atoms with Crippen molar-refractivity contribution in [2.24, 2.45) is 0 Å². The molecule has 0 saturated carbocycles. The minimum absolute atomic E-state index is 0.0142. The summed E-state index contributed by atoms with van der Waals surface area (Å²) in [7, 11) is 1.38. The van der Waals surface area contributed by atoms with Crippen molar-refractivity contribution >= 4 is 12.1 Å². The van der Waals surface area contributed by atoms with Crippen LogP contribution < -0.4 is 10.6 Å². The largest absolute Gasteiger partial charge is 0.467 e. The number of rotatable bonds is 4. The number of hydrogen-bond donors (Lipinski definition) is 2. The fourth-order valence-electron chi connectivity index (χ4n) is 5.70. The number of methoxy groups -OCH3 is 1. The highest BCUT2D eigenvalue weighted by Crippen LogP contribution is 2.44. The first-order chi connectivity index (χ1) is 15.1. The first-order valence-corrected chi connectivity index (χ1v) is 11.1. The lowest BCUT2D eigenvalue weighted by atomic mass is 9.75. The highest BCUT2D eigenvalue weighted by Gasteiger charge is 2.49. The molecule has 2 aromatic rings. The van der Waals surface area contributed by atoms with Crippen LogP contribution in [0.1, 0.15) is 49.1 Å². The number of ether oxygens (including phenoxy) is 2. The van der Waals surface area contributed by atoms with Gasteiger partial charge in [0.15, 0.2) is 0 Å². The third-order valence-electron chi connectivity index (χ3n) is 7.03. The number of piperidine rings is 2. The van der Waals surface area contributed by atoms with Crippen molar-refractivity contribution in [3.8, 4) is 11.1 Å². The van der Waals surface area contributed by atoms with E-state index < -0.39 is 11.6 Å². The molecule has 2 N–H and O–H groups in total. The number of fused-ring (bicyclic) bond motifs is 5. The molecule has 2 unspecified atom stereocenters. The molecule has 2 saturated heterocycles. The van der Waals surface area contributed by atoms with E-state index in [0.29, 0.717) is 12.8 Å². The molecule has 2 bridgehead atoms. The molecule has 2 fully saturated rings. The fourth-order valence-corrected chi connectivity index (χ4v) is 5.70. The standard InChI is InChI=1S/C25H28N2O4/c1-30-23(28)25(13-16-7-6-8-17(14-25)26-16)27-24(29)31-15-22-20-11-4-2-9-18(20)19-10-3-5-12-21(19)22/h2-5,9-12,16-17,22,26H,6-8,13-15H2,1H3,(H,27,29). The van der Waals surface area contributed by atoms with Crippen LogP contribution in [0.2, 0.25) is 0 Å². The van der Waals surface area contributed by atoms with Gasteiger partial charge in [0, 0.05) is 18.0 Å². The van der Waals surface area contributed by atoms with E-state index in [2.05, 4.69) is 34.9 Å². The number of carbonyl (C=O) groups is 2. The van der Waals surface area contributed by atoms with Crippen LogP contribution in [-0.4, -0.2) is 43.4 Å². The molecule has 0 aromatic heterocycles. The summed E-state index contributed by atoms with van der Waals surface area (Å²) in [5.41, 5.74) is 3.66. The summed E-state index contributed by atoms with van der Waals surface area (Å²) in [6.07, 6.45) is 3.64. The zero-order chi connectivity index (χ0) is 21.4. The molecule has 6 heteroatoms. The number of hydrogen-bond acceptors (Lipinski definition) is 5. The smallest absolute Gasteiger partial charge is 0.408 e. The van der Waals surface area contributed by atoms with E-state index >= 15 is 0 Å². The second kappa shape index (κ2) is 8.00. The van der Waals surface area contributed by atoms with Gasteiger partial charge in [-0.3, -0.25) is 0 Å². The summed E-state index contributed by atoms with van der Waals surface area (Å²) < 4.78 is 10.8. The van der Waals surface area contributed by atoms with Crippen molar-refractivity contribution in [2.75, 3.05) is 13.7 Å². The van der Waals surface area contributed by atoms with E-state index in [1.54, 1.807) is 0 Å². The molecule has 31 heavy (non-hydrogen) atoms. The number of esters is 1. The summed E-state index contributed by atoms with van der Waals surface area (Å²) in [6.45, 7) is 0.224. The van der Waals surface area contributed by atoms with E-state index in [1.807, 2.05) is 24.3 Å². The fraction of sp³-hybridized carbons (Fsp3) is 0.440. The Hall–Kier alpha value is -2.86. The zero-order valence-corrected chi connectivity index (χ0v) is 17.7. The lowest BCUT2D eigenvalue weighted by Crippen LogP contribution is -2.66. The first-order valence-electron chi connectivity index (χ1n) is 11.1. The number of benzene rings is 2. The molecule has 2 aromatic carbocycles. The topological polar surface area (TPSA) is 76.7 Å². The highest BCUT2D eigenvalue weighted by molar-refractivity contribution is 5.86. The number of carbonyl (C=O) groups excluding carboxylic acids is 2. The minimum Gasteiger partial charge on any atom is -0.467 e. The quantitative estimate of drug-likeness (QED) is 0.737. The Morgan fingerprint density at radius 2 is 1.58 bits per heavy atom. The number of alkyl carbamates (subject to hydrolysis) is 1. The summed E-state index contributed by atoms with van der Waals surface area (Å²) in [4.78, 5) is 25.6. The van der Waals surface area contributed by atoms with Crippen LogP contribution in [0.15, 0.2) is 48.5 Å². The van der Waals surface area contributed by atoms with Gasteiger partial charge in [-0.2, -0.15) is 0 Å². The van der Waals surface area contributed by atoms with Gasteiger partial charge in [0.2, 0.25) is 0 Å². The van der Waals surface area contributed by atoms with Crippen LogP contribution in [0.5, 0.6) is 0 Å². The van der Waals surface area contributed by atoms with Crippen molar-refractivity contribution < 1.29 is 19.1 Å². The van der Waals surface area contributed by atoms with Gasteiger partial charge < -0.3 is 20.1 Å². The van der Waals surface area contributed by atoms with Gasteiger partial charge in [-0.05, 0) is 47.9 Å². The van der Waals surface area contributed by atoms with Crippen LogP contribution in [-0.2, 0) is 14.3 Å². The van der Waals surface area contributed by atoms with Crippen LogP contribution in [0.3, 0.4) is 0 Å². The third-order valence-corrected chi connectivity index (χ3v) is 7.03. The summed E-state index contributed by atoms with van der Waals surface area (Å²) in [6, 6.07) is 16.9. The highest BCUT2D eigenvalue weighted by atomic mass is 16.6. The molecule has 6 nitrogen and oxygen atoms in total. The van der Waals surface area contributed by atoms with E-state index in [-0.39, 0.29) is 30.6 Å². The maximum Gasteiger partial charge on any atom is 0.408 e. The van der Waals surface area contributed by atoms with Gasteiger partial charge in [0.1, 0.15) is 12.1 Å². The minimum atomic E-state index is -1.03. The van der Waals surface area contributed by atoms with E-state index in [9.17, 15) is 9.59 Å². The Balaban J connectivity index is 1.32. The van der Waals surface area contributed by atoms with Crippen LogP contribution in [0, 0.1) is 0 Å². The second-order valence-corrected chi connectivity index (χ2v) is 8.92. The lowest BCUT2D eigenvalue weighted by Gasteiger charge is -2.46.